The summed E-state index contributed by atoms with van der Waals surface area (Å²) in [7, 11) is 0. The molecule has 0 aliphatic carbocycles. The minimum atomic E-state index is -0.226. The summed E-state index contributed by atoms with van der Waals surface area (Å²) in [4.78, 5) is 0. The van der Waals surface area contributed by atoms with E-state index in [0.717, 1.165) is 30.0 Å². The van der Waals surface area contributed by atoms with Gasteiger partial charge in [-0.3, -0.25) is 0 Å². The van der Waals surface area contributed by atoms with Crippen molar-refractivity contribution in [2.75, 3.05) is 0 Å². The monoisotopic (exact) mass is 248 g/mol. The highest BCUT2D eigenvalue weighted by Gasteiger charge is 2.08. The second-order valence-electron chi connectivity index (χ2n) is 4.60. The first-order chi connectivity index (χ1) is 8.69. The van der Waals surface area contributed by atoms with Gasteiger partial charge in [0, 0.05) is 5.56 Å². The van der Waals surface area contributed by atoms with Crippen LogP contribution in [0.3, 0.4) is 0 Å². The zero-order chi connectivity index (χ0) is 13.0. The van der Waals surface area contributed by atoms with Crippen molar-refractivity contribution in [2.24, 2.45) is 0 Å². The van der Waals surface area contributed by atoms with Crippen LogP contribution in [0.1, 0.15) is 26.0 Å². The molecule has 0 aliphatic heterocycles. The summed E-state index contributed by atoms with van der Waals surface area (Å²) in [5.41, 5.74) is 0.909. The molecule has 1 aromatic heterocycles. The van der Waals surface area contributed by atoms with Gasteiger partial charge in [-0.05, 0) is 49.7 Å². The van der Waals surface area contributed by atoms with E-state index in [0.29, 0.717) is 6.04 Å². The quantitative estimate of drug-likeness (QED) is 0.866. The highest BCUT2D eigenvalue weighted by atomic mass is 19.1. The van der Waals surface area contributed by atoms with E-state index in [4.69, 9.17) is 4.42 Å². The normalized spacial score (nSPS) is 12.6. The second kappa shape index (κ2) is 5.83. The van der Waals surface area contributed by atoms with E-state index in [-0.39, 0.29) is 5.82 Å². The first-order valence-electron chi connectivity index (χ1n) is 6.37. The number of halogens is 1. The van der Waals surface area contributed by atoms with E-state index in [1.807, 2.05) is 12.1 Å². The Morgan fingerprint density at radius 2 is 1.89 bits per heavy atom. The Labute approximate surface area is 107 Å². The van der Waals surface area contributed by atoms with Crippen molar-refractivity contribution in [3.63, 3.8) is 0 Å². The fraction of sp³-hybridized carbons (Fsp3) is 0.333. The minimum Gasteiger partial charge on any atom is -0.455 e. The number of quaternary nitrogens is 1. The molecule has 0 saturated heterocycles. The van der Waals surface area contributed by atoms with Crippen LogP contribution in [-0.4, -0.2) is 6.04 Å². The van der Waals surface area contributed by atoms with E-state index in [2.05, 4.69) is 19.2 Å². The van der Waals surface area contributed by atoms with Gasteiger partial charge in [0.15, 0.2) is 5.76 Å². The smallest absolute Gasteiger partial charge is 0.158 e. The lowest BCUT2D eigenvalue weighted by molar-refractivity contribution is -0.703. The van der Waals surface area contributed by atoms with E-state index in [1.54, 1.807) is 12.1 Å². The Morgan fingerprint density at radius 1 is 1.17 bits per heavy atom. The van der Waals surface area contributed by atoms with Crippen molar-refractivity contribution in [3.8, 4) is 11.3 Å². The van der Waals surface area contributed by atoms with Gasteiger partial charge in [-0.25, -0.2) is 4.39 Å². The molecule has 1 atom stereocenters. The summed E-state index contributed by atoms with van der Waals surface area (Å²) in [6.45, 7) is 5.22. The van der Waals surface area contributed by atoms with Gasteiger partial charge in [0.1, 0.15) is 18.1 Å². The van der Waals surface area contributed by atoms with Crippen LogP contribution in [0.4, 0.5) is 4.39 Å². The molecule has 2 rings (SSSR count). The van der Waals surface area contributed by atoms with Crippen molar-refractivity contribution in [3.05, 3.63) is 48.0 Å². The summed E-state index contributed by atoms with van der Waals surface area (Å²) in [6.07, 6.45) is 1.14. The molecular formula is C15H19FNO+. The Hall–Kier alpha value is -1.61. The number of hydrogen-bond donors (Lipinski definition) is 1. The van der Waals surface area contributed by atoms with Gasteiger partial charge in [0.25, 0.3) is 0 Å². The van der Waals surface area contributed by atoms with Gasteiger partial charge >= 0.3 is 0 Å². The number of hydrogen-bond acceptors (Lipinski definition) is 1. The topological polar surface area (TPSA) is 29.8 Å². The summed E-state index contributed by atoms with van der Waals surface area (Å²) >= 11 is 0. The Kier molecular flexibility index (Phi) is 4.15. The van der Waals surface area contributed by atoms with Gasteiger partial charge < -0.3 is 9.73 Å². The molecule has 2 N–H and O–H groups in total. The molecule has 0 fully saturated rings. The molecule has 96 valence electrons. The maximum absolute atomic E-state index is 12.8. The van der Waals surface area contributed by atoms with Gasteiger partial charge in [0.05, 0.1) is 6.04 Å². The molecule has 0 spiro atoms. The molecule has 2 aromatic rings. The Balaban J connectivity index is 2.03. The van der Waals surface area contributed by atoms with Crippen LogP contribution in [0, 0.1) is 5.82 Å². The lowest BCUT2D eigenvalue weighted by Crippen LogP contribution is -2.87. The van der Waals surface area contributed by atoms with Crippen LogP contribution in [0.5, 0.6) is 0 Å². The molecule has 1 aromatic carbocycles. The Bertz CT molecular complexity index is 489. The van der Waals surface area contributed by atoms with Crippen molar-refractivity contribution in [1.82, 2.24) is 0 Å². The molecule has 1 heterocycles. The van der Waals surface area contributed by atoms with E-state index in [1.165, 1.54) is 12.1 Å². The first-order valence-corrected chi connectivity index (χ1v) is 6.37. The fourth-order valence-corrected chi connectivity index (χ4v) is 1.74. The highest BCUT2D eigenvalue weighted by Crippen LogP contribution is 2.21. The third-order valence-corrected chi connectivity index (χ3v) is 3.16. The summed E-state index contributed by atoms with van der Waals surface area (Å²) in [5.74, 6) is 1.52. The third-order valence-electron chi connectivity index (χ3n) is 3.16. The predicted octanol–water partition coefficient (Wildman–Crippen LogP) is 2.95. The summed E-state index contributed by atoms with van der Waals surface area (Å²) in [6, 6.07) is 10.9. The zero-order valence-corrected chi connectivity index (χ0v) is 10.8. The van der Waals surface area contributed by atoms with E-state index < -0.39 is 0 Å². The molecule has 0 unspecified atom stereocenters. The minimum absolute atomic E-state index is 0.226. The average molecular weight is 248 g/mol. The molecule has 0 bridgehead atoms. The molecule has 0 amide bonds. The largest absolute Gasteiger partial charge is 0.455 e. The summed E-state index contributed by atoms with van der Waals surface area (Å²) < 4.78 is 18.6. The standard InChI is InChI=1S/C15H18FNO/c1-3-11(2)17-10-14-8-9-15(18-14)12-4-6-13(16)7-5-12/h4-9,11,17H,3,10H2,1-2H3/p+1/t11-/m0/s1. The van der Waals surface area contributed by atoms with Crippen LogP contribution >= 0.6 is 0 Å². The average Bonchev–Trinajstić information content (AvgIpc) is 2.85. The second-order valence-corrected chi connectivity index (χ2v) is 4.60. The number of furan rings is 1. The van der Waals surface area contributed by atoms with Crippen molar-refractivity contribution in [1.29, 1.82) is 0 Å². The number of nitrogens with two attached hydrogens (primary N) is 1. The van der Waals surface area contributed by atoms with Crippen LogP contribution in [0.2, 0.25) is 0 Å². The Morgan fingerprint density at radius 3 is 2.56 bits per heavy atom. The van der Waals surface area contributed by atoms with Crippen molar-refractivity contribution >= 4 is 0 Å². The number of rotatable bonds is 5. The van der Waals surface area contributed by atoms with Crippen LogP contribution in [0.15, 0.2) is 40.8 Å². The fourth-order valence-electron chi connectivity index (χ4n) is 1.74. The molecular weight excluding hydrogens is 229 g/mol. The zero-order valence-electron chi connectivity index (χ0n) is 10.8. The SMILES string of the molecule is CC[C@H](C)[NH2+]Cc1ccc(-c2ccc(F)cc2)o1. The maximum Gasteiger partial charge on any atom is 0.158 e. The van der Waals surface area contributed by atoms with Gasteiger partial charge in [-0.2, -0.15) is 0 Å². The highest BCUT2D eigenvalue weighted by molar-refractivity contribution is 5.57. The number of benzene rings is 1. The van der Waals surface area contributed by atoms with Crippen LogP contribution in [-0.2, 0) is 6.54 Å². The maximum atomic E-state index is 12.8. The molecule has 0 saturated carbocycles. The molecule has 2 nitrogen and oxygen atoms in total. The lowest BCUT2D eigenvalue weighted by Gasteiger charge is -2.05. The molecule has 0 aliphatic rings. The molecule has 0 radical (unpaired) electrons. The molecule has 18 heavy (non-hydrogen) atoms. The van der Waals surface area contributed by atoms with E-state index in [9.17, 15) is 4.39 Å². The molecule has 3 heteroatoms. The van der Waals surface area contributed by atoms with Crippen LogP contribution < -0.4 is 5.32 Å². The van der Waals surface area contributed by atoms with Crippen LogP contribution in [0.25, 0.3) is 11.3 Å². The summed E-state index contributed by atoms with van der Waals surface area (Å²) in [5, 5.41) is 2.26. The van der Waals surface area contributed by atoms with Gasteiger partial charge in [-0.15, -0.1) is 0 Å². The van der Waals surface area contributed by atoms with Gasteiger partial charge in [-0.1, -0.05) is 6.92 Å². The first kappa shape index (κ1) is 12.8. The third kappa shape index (κ3) is 3.20. The van der Waals surface area contributed by atoms with E-state index >= 15 is 0 Å². The van der Waals surface area contributed by atoms with Crippen molar-refractivity contribution < 1.29 is 14.1 Å². The van der Waals surface area contributed by atoms with Gasteiger partial charge in [0.2, 0.25) is 0 Å². The van der Waals surface area contributed by atoms with Crippen molar-refractivity contribution in [2.45, 2.75) is 32.9 Å². The predicted molar refractivity (Wildman–Crippen MR) is 69.5 cm³/mol. The lowest BCUT2D eigenvalue weighted by atomic mass is 10.2.